The van der Waals surface area contributed by atoms with Crippen LogP contribution in [0.25, 0.3) is 5.76 Å². The Bertz CT molecular complexity index is 466. The summed E-state index contributed by atoms with van der Waals surface area (Å²) in [5.41, 5.74) is 2.71. The zero-order valence-corrected chi connectivity index (χ0v) is 13.6. The number of aryl methyl sites for hydroxylation is 1. The number of benzene rings is 1. The average Bonchev–Trinajstić information content (AvgIpc) is 2.51. The van der Waals surface area contributed by atoms with E-state index < -0.39 is 0 Å². The molecule has 0 saturated carbocycles. The average molecular weight is 291 g/mol. The van der Waals surface area contributed by atoms with Crippen molar-refractivity contribution in [1.29, 1.82) is 0 Å². The summed E-state index contributed by atoms with van der Waals surface area (Å²) in [5.74, 6) is 1.12. The maximum Gasteiger partial charge on any atom is 0.136 e. The number of likely N-dealkylation sites (N-methyl/N-ethyl adjacent to an activating group) is 1. The smallest absolute Gasteiger partial charge is 0.136 e. The Hall–Kier alpha value is -0.930. The van der Waals surface area contributed by atoms with Crippen molar-refractivity contribution >= 4 is 17.5 Å². The van der Waals surface area contributed by atoms with E-state index in [9.17, 15) is 0 Å². The number of nitrogens with zero attached hydrogens (tertiary/aromatic N) is 1. The fraction of sp³-hybridized carbons (Fsp3) is 0.529. The Balaban J connectivity index is 2.08. The van der Waals surface area contributed by atoms with Gasteiger partial charge in [0.05, 0.1) is 0 Å². The molecule has 0 N–H and O–H groups in total. The van der Waals surface area contributed by atoms with Gasteiger partial charge in [0.25, 0.3) is 0 Å². The lowest BCUT2D eigenvalue weighted by atomic mass is 9.96. The van der Waals surface area contributed by atoms with Gasteiger partial charge in [-0.15, -0.1) is 11.8 Å². The molecule has 0 atom stereocenters. The molecule has 0 bridgehead atoms. The minimum atomic E-state index is 0.773. The van der Waals surface area contributed by atoms with E-state index in [0.717, 1.165) is 44.8 Å². The third kappa shape index (κ3) is 3.58. The van der Waals surface area contributed by atoms with Gasteiger partial charge in [-0.1, -0.05) is 38.1 Å². The second-order valence-electron chi connectivity index (χ2n) is 4.99. The number of hydrogen-bond donors (Lipinski definition) is 0. The van der Waals surface area contributed by atoms with Crippen LogP contribution in [-0.4, -0.2) is 37.4 Å². The molecular weight excluding hydrogens is 266 g/mol. The van der Waals surface area contributed by atoms with E-state index in [1.807, 2.05) is 11.8 Å². The van der Waals surface area contributed by atoms with Crippen molar-refractivity contribution in [2.75, 3.05) is 32.5 Å². The highest BCUT2D eigenvalue weighted by Crippen LogP contribution is 2.36. The molecule has 0 aromatic heterocycles. The standard InChI is InChI=1S/C17H25NOS/c1-4-18(5-2)12-13-19-17-15-9-7-6-8-14(15)10-11-16(17)20-3/h6-9H,4-5,10-13H2,1-3H3. The van der Waals surface area contributed by atoms with E-state index >= 15 is 0 Å². The van der Waals surface area contributed by atoms with E-state index in [-0.39, 0.29) is 0 Å². The number of ether oxygens (including phenoxy) is 1. The highest BCUT2D eigenvalue weighted by molar-refractivity contribution is 8.02. The van der Waals surface area contributed by atoms with Gasteiger partial charge in [0.15, 0.2) is 0 Å². The van der Waals surface area contributed by atoms with E-state index in [1.54, 1.807) is 0 Å². The Morgan fingerprint density at radius 2 is 1.90 bits per heavy atom. The largest absolute Gasteiger partial charge is 0.491 e. The monoisotopic (exact) mass is 291 g/mol. The van der Waals surface area contributed by atoms with Gasteiger partial charge < -0.3 is 9.64 Å². The normalized spacial score (nSPS) is 14.6. The molecule has 20 heavy (non-hydrogen) atoms. The van der Waals surface area contributed by atoms with Crippen molar-refractivity contribution < 1.29 is 4.74 Å². The predicted octanol–water partition coefficient (Wildman–Crippen LogP) is 4.02. The van der Waals surface area contributed by atoms with Crippen molar-refractivity contribution in [3.05, 3.63) is 40.3 Å². The molecule has 0 amide bonds. The molecule has 1 aliphatic rings. The maximum absolute atomic E-state index is 6.16. The number of fused-ring (bicyclic) bond motifs is 1. The summed E-state index contributed by atoms with van der Waals surface area (Å²) in [6.45, 7) is 8.35. The van der Waals surface area contributed by atoms with Crippen LogP contribution in [0.5, 0.6) is 0 Å². The summed E-state index contributed by atoms with van der Waals surface area (Å²) in [5, 5.41) is 0. The lowest BCUT2D eigenvalue weighted by Gasteiger charge is -2.24. The van der Waals surface area contributed by atoms with Gasteiger partial charge in [-0.2, -0.15) is 0 Å². The molecule has 0 radical (unpaired) electrons. The second-order valence-corrected chi connectivity index (χ2v) is 5.89. The van der Waals surface area contributed by atoms with Crippen LogP contribution in [-0.2, 0) is 11.2 Å². The van der Waals surface area contributed by atoms with Crippen LogP contribution in [0.4, 0.5) is 0 Å². The Morgan fingerprint density at radius 3 is 2.60 bits per heavy atom. The van der Waals surface area contributed by atoms with Crippen molar-refractivity contribution in [1.82, 2.24) is 4.90 Å². The first-order valence-electron chi connectivity index (χ1n) is 7.50. The van der Waals surface area contributed by atoms with Gasteiger partial charge in [-0.3, -0.25) is 0 Å². The summed E-state index contributed by atoms with van der Waals surface area (Å²) in [7, 11) is 0. The van der Waals surface area contributed by atoms with Gasteiger partial charge in [-0.25, -0.2) is 0 Å². The van der Waals surface area contributed by atoms with Crippen molar-refractivity contribution in [3.8, 4) is 0 Å². The molecule has 0 unspecified atom stereocenters. The molecule has 3 heteroatoms. The zero-order chi connectivity index (χ0) is 14.4. The number of allylic oxidation sites excluding steroid dienone is 1. The van der Waals surface area contributed by atoms with Crippen LogP contribution in [0.1, 0.15) is 31.4 Å². The van der Waals surface area contributed by atoms with Crippen molar-refractivity contribution in [2.24, 2.45) is 0 Å². The van der Waals surface area contributed by atoms with Crippen molar-refractivity contribution in [3.63, 3.8) is 0 Å². The predicted molar refractivity (Wildman–Crippen MR) is 88.9 cm³/mol. The number of rotatable bonds is 7. The molecule has 0 spiro atoms. The van der Waals surface area contributed by atoms with Gasteiger partial charge in [-0.05, 0) is 37.8 Å². The maximum atomic E-state index is 6.16. The van der Waals surface area contributed by atoms with Gasteiger partial charge >= 0.3 is 0 Å². The molecule has 0 fully saturated rings. The fourth-order valence-corrected chi connectivity index (χ4v) is 3.30. The molecule has 1 aliphatic carbocycles. The Labute approximate surface area is 127 Å². The summed E-state index contributed by atoms with van der Waals surface area (Å²) >= 11 is 1.83. The summed E-state index contributed by atoms with van der Waals surface area (Å²) in [6.07, 6.45) is 4.39. The molecule has 110 valence electrons. The van der Waals surface area contributed by atoms with Crippen LogP contribution < -0.4 is 0 Å². The summed E-state index contributed by atoms with van der Waals surface area (Å²) in [6, 6.07) is 8.64. The molecule has 2 rings (SSSR count). The number of thioether (sulfide) groups is 1. The van der Waals surface area contributed by atoms with E-state index in [2.05, 4.69) is 49.3 Å². The molecular formula is C17H25NOS. The molecule has 1 aromatic rings. The van der Waals surface area contributed by atoms with E-state index in [4.69, 9.17) is 4.74 Å². The Kier molecular flexibility index (Phi) is 5.99. The molecule has 1 aromatic carbocycles. The van der Waals surface area contributed by atoms with E-state index in [1.165, 1.54) is 16.0 Å². The highest BCUT2D eigenvalue weighted by Gasteiger charge is 2.19. The van der Waals surface area contributed by atoms with Crippen LogP contribution >= 0.6 is 11.8 Å². The third-order valence-corrected chi connectivity index (χ3v) is 4.81. The highest BCUT2D eigenvalue weighted by atomic mass is 32.2. The van der Waals surface area contributed by atoms with Crippen LogP contribution in [0.15, 0.2) is 29.2 Å². The van der Waals surface area contributed by atoms with E-state index in [0.29, 0.717) is 0 Å². The lowest BCUT2D eigenvalue weighted by molar-refractivity contribution is 0.200. The van der Waals surface area contributed by atoms with Crippen molar-refractivity contribution in [2.45, 2.75) is 26.7 Å². The quantitative estimate of drug-likeness (QED) is 0.753. The minimum absolute atomic E-state index is 0.773. The van der Waals surface area contributed by atoms with Crippen LogP contribution in [0, 0.1) is 0 Å². The van der Waals surface area contributed by atoms with Crippen LogP contribution in [0.2, 0.25) is 0 Å². The van der Waals surface area contributed by atoms with Gasteiger partial charge in [0.1, 0.15) is 12.4 Å². The molecule has 0 heterocycles. The Morgan fingerprint density at radius 1 is 1.15 bits per heavy atom. The van der Waals surface area contributed by atoms with Gasteiger partial charge in [0, 0.05) is 17.0 Å². The zero-order valence-electron chi connectivity index (χ0n) is 12.8. The topological polar surface area (TPSA) is 12.5 Å². The van der Waals surface area contributed by atoms with Gasteiger partial charge in [0.2, 0.25) is 0 Å². The first-order valence-corrected chi connectivity index (χ1v) is 8.73. The first kappa shape index (κ1) is 15.5. The summed E-state index contributed by atoms with van der Waals surface area (Å²) < 4.78 is 6.16. The second kappa shape index (κ2) is 7.75. The summed E-state index contributed by atoms with van der Waals surface area (Å²) in [4.78, 5) is 3.79. The minimum Gasteiger partial charge on any atom is -0.491 e. The molecule has 0 saturated heterocycles. The SMILES string of the molecule is CCN(CC)CCOC1=C(SC)CCc2ccccc21. The number of hydrogen-bond acceptors (Lipinski definition) is 3. The molecule has 2 nitrogen and oxygen atoms in total. The lowest BCUT2D eigenvalue weighted by Crippen LogP contribution is -2.27. The first-order chi connectivity index (χ1) is 9.80. The van der Waals surface area contributed by atoms with Crippen LogP contribution in [0.3, 0.4) is 0 Å². The fourth-order valence-electron chi connectivity index (χ4n) is 2.64. The molecule has 0 aliphatic heterocycles. The third-order valence-electron chi connectivity index (χ3n) is 3.93.